The van der Waals surface area contributed by atoms with Crippen LogP contribution in [0.4, 0.5) is 8.78 Å². The number of halogens is 2. The van der Waals surface area contributed by atoms with Gasteiger partial charge in [-0.15, -0.1) is 0 Å². The molecule has 0 radical (unpaired) electrons. The predicted octanol–water partition coefficient (Wildman–Crippen LogP) is 5.17. The molecule has 14 heteroatoms. The maximum Gasteiger partial charge on any atom is 0.184 e. The van der Waals surface area contributed by atoms with E-state index in [9.17, 15) is 22.8 Å². The number of aromatic amines is 1. The van der Waals surface area contributed by atoms with Gasteiger partial charge < -0.3 is 15.2 Å². The number of aliphatic hydroxyl groups excluding tert-OH is 2. The summed E-state index contributed by atoms with van der Waals surface area (Å²) in [5.41, 5.74) is 0.678. The first-order chi connectivity index (χ1) is 23.6. The number of sulfone groups is 1. The largest absolute Gasteiger partial charge is 0.394 e. The van der Waals surface area contributed by atoms with Crippen molar-refractivity contribution in [3.05, 3.63) is 89.0 Å². The number of fused-ring (bicyclic) bond motifs is 8. The lowest BCUT2D eigenvalue weighted by molar-refractivity contribution is 0.0955. The molecule has 0 aliphatic carbocycles. The zero-order chi connectivity index (χ0) is 36.0. The summed E-state index contributed by atoms with van der Waals surface area (Å²) in [4.78, 5) is 11.8. The Hall–Kier alpha value is -3.85. The van der Waals surface area contributed by atoms with Crippen LogP contribution in [0.1, 0.15) is 62.5 Å². The van der Waals surface area contributed by atoms with Gasteiger partial charge in [-0.1, -0.05) is 44.5 Å². The number of aryl methyl sites for hydroxylation is 2. The summed E-state index contributed by atoms with van der Waals surface area (Å²) in [5.74, 6) is -2.12. The fourth-order valence-electron chi connectivity index (χ4n) is 7.00. The zero-order valence-corrected chi connectivity index (χ0v) is 30.0. The van der Waals surface area contributed by atoms with Gasteiger partial charge in [0.25, 0.3) is 0 Å². The van der Waals surface area contributed by atoms with Crippen molar-refractivity contribution in [1.29, 1.82) is 0 Å². The van der Waals surface area contributed by atoms with Crippen molar-refractivity contribution in [2.24, 2.45) is 12.5 Å². The Morgan fingerprint density at radius 3 is 2.64 bits per heavy atom. The summed E-state index contributed by atoms with van der Waals surface area (Å²) in [7, 11) is -4.25. The second kappa shape index (κ2) is 13.7. The molecule has 10 nitrogen and oxygen atoms in total. The van der Waals surface area contributed by atoms with Crippen molar-refractivity contribution in [3.8, 4) is 11.5 Å². The van der Waals surface area contributed by atoms with Gasteiger partial charge in [-0.05, 0) is 66.5 Å². The summed E-state index contributed by atoms with van der Waals surface area (Å²) in [6, 6.07) is 12.2. The van der Waals surface area contributed by atoms with E-state index in [0.29, 0.717) is 36.6 Å². The van der Waals surface area contributed by atoms with Crippen LogP contribution in [0.3, 0.4) is 0 Å². The fourth-order valence-corrected chi connectivity index (χ4v) is 10.3. The molecular formula is C36H41F2N5O5S2. The molecule has 50 heavy (non-hydrogen) atoms. The lowest BCUT2D eigenvalue weighted by Crippen LogP contribution is -2.29. The Labute approximate surface area is 292 Å². The number of nitrogens with zero attached hydrogens (tertiary/aromatic N) is 4. The van der Waals surface area contributed by atoms with Crippen molar-refractivity contribution in [2.45, 2.75) is 74.2 Å². The van der Waals surface area contributed by atoms with Gasteiger partial charge in [0.15, 0.2) is 33.1 Å². The molecule has 0 spiro atoms. The summed E-state index contributed by atoms with van der Waals surface area (Å²) in [5, 5.41) is 24.7. The quantitative estimate of drug-likeness (QED) is 0.230. The molecule has 5 aromatic rings. The minimum absolute atomic E-state index is 0.113. The minimum atomic E-state index is -3.71. The maximum absolute atomic E-state index is 15.9. The van der Waals surface area contributed by atoms with E-state index in [1.54, 1.807) is 11.7 Å². The highest BCUT2D eigenvalue weighted by Gasteiger charge is 2.36. The molecular weight excluding hydrogens is 685 g/mol. The monoisotopic (exact) mass is 725 g/mol. The first-order valence-electron chi connectivity index (χ1n) is 16.5. The molecule has 4 heterocycles. The van der Waals surface area contributed by atoms with Crippen molar-refractivity contribution in [1.82, 2.24) is 24.7 Å². The van der Waals surface area contributed by atoms with Crippen molar-refractivity contribution < 1.29 is 31.6 Å². The highest BCUT2D eigenvalue weighted by atomic mass is 32.2. The number of nitrogens with one attached hydrogen (secondary N) is 1. The van der Waals surface area contributed by atoms with Gasteiger partial charge in [0.05, 0.1) is 50.8 Å². The average molecular weight is 726 g/mol. The Morgan fingerprint density at radius 2 is 1.88 bits per heavy atom. The number of benzene rings is 2. The van der Waals surface area contributed by atoms with E-state index in [1.807, 2.05) is 45.0 Å². The fraction of sp³-hybridized carbons (Fsp3) is 0.417. The molecule has 0 fully saturated rings. The van der Waals surface area contributed by atoms with Crippen molar-refractivity contribution in [2.75, 3.05) is 18.1 Å². The molecule has 1 aliphatic heterocycles. The van der Waals surface area contributed by atoms with E-state index >= 15 is 8.78 Å². The lowest BCUT2D eigenvalue weighted by Gasteiger charge is -2.31. The van der Waals surface area contributed by atoms with Crippen LogP contribution in [0.2, 0.25) is 0 Å². The Bertz CT molecular complexity index is 2200. The molecule has 6 rings (SSSR count). The first-order valence-corrected chi connectivity index (χ1v) is 19.4. The van der Waals surface area contributed by atoms with Gasteiger partial charge in [-0.25, -0.2) is 31.1 Å². The predicted molar refractivity (Wildman–Crippen MR) is 187 cm³/mol. The van der Waals surface area contributed by atoms with Crippen LogP contribution in [0.15, 0.2) is 64.6 Å². The third kappa shape index (κ3) is 7.03. The molecule has 4 bridgehead atoms. The van der Waals surface area contributed by atoms with Gasteiger partial charge in [-0.3, -0.25) is 4.98 Å². The molecule has 3 N–H and O–H groups in total. The molecule has 0 saturated heterocycles. The summed E-state index contributed by atoms with van der Waals surface area (Å²) < 4.78 is 74.2. The van der Waals surface area contributed by atoms with E-state index in [4.69, 9.17) is 10.1 Å². The molecule has 266 valence electrons. The van der Waals surface area contributed by atoms with Crippen LogP contribution in [0.25, 0.3) is 22.4 Å². The van der Waals surface area contributed by atoms with Crippen molar-refractivity contribution >= 4 is 31.5 Å². The summed E-state index contributed by atoms with van der Waals surface area (Å²) in [6.07, 6.45) is 3.78. The van der Waals surface area contributed by atoms with E-state index < -0.39 is 54.1 Å². The number of aliphatic hydroxyl groups is 2. The number of hydrogen-bond acceptors (Lipinski definition) is 8. The van der Waals surface area contributed by atoms with Crippen LogP contribution >= 0.6 is 0 Å². The van der Waals surface area contributed by atoms with E-state index in [2.05, 4.69) is 9.97 Å². The molecule has 3 atom stereocenters. The second-order valence-electron chi connectivity index (χ2n) is 14.2. The average Bonchev–Trinajstić information content (AvgIpc) is 3.72. The van der Waals surface area contributed by atoms with Crippen molar-refractivity contribution in [3.63, 3.8) is 0 Å². The van der Waals surface area contributed by atoms with Gasteiger partial charge in [0.1, 0.15) is 5.69 Å². The molecule has 2 aromatic carbocycles. The minimum Gasteiger partial charge on any atom is -0.394 e. The number of aromatic nitrogens is 5. The molecule has 0 saturated carbocycles. The normalized spacial score (nSPS) is 21.6. The number of rotatable bonds is 4. The summed E-state index contributed by atoms with van der Waals surface area (Å²) >= 11 is 0. The van der Waals surface area contributed by atoms with E-state index in [1.165, 1.54) is 30.6 Å². The summed E-state index contributed by atoms with van der Waals surface area (Å²) in [6.45, 7) is 5.44. The SMILES string of the molecule is Cn1nc2nc1-c1cc(ccn1)S(=O)c1c(F)c(F)c3[nH]ccc3c1CCS(=O)(=O)CC(C)(C)CCC[C@]2(C)c1cccc(C[C@H](O)CO)c1. The van der Waals surface area contributed by atoms with Gasteiger partial charge in [-0.2, -0.15) is 5.10 Å². The van der Waals surface area contributed by atoms with Crippen LogP contribution in [-0.4, -0.2) is 71.8 Å². The topological polar surface area (TPSA) is 151 Å². The first kappa shape index (κ1) is 36.0. The molecule has 0 amide bonds. The third-order valence-electron chi connectivity index (χ3n) is 9.62. The maximum atomic E-state index is 15.9. The standard InChI is InChI=1S/C36H41F2N5O5S2/c1-35(2)12-6-13-36(3,23-8-5-7-22(17-23)18-24(45)20-44)34-41-33(43(4)42-34)28-19-25(9-14-39-28)49(46)32-27(11-16-50(47,48)21-35)26-10-15-40-31(26)29(37)30(32)38/h5,7-10,14-15,17,19,24,40,44-45H,6,11-13,16,18,20-21H2,1-4H3/t24-,36+,49?/m0/s1. The zero-order valence-electron chi connectivity index (χ0n) is 28.4. The smallest absolute Gasteiger partial charge is 0.184 e. The lowest BCUT2D eigenvalue weighted by atomic mass is 9.75. The van der Waals surface area contributed by atoms with Crippen LogP contribution in [0, 0.1) is 17.0 Å². The molecule has 1 aliphatic rings. The van der Waals surface area contributed by atoms with Crippen LogP contribution in [-0.2, 0) is 45.9 Å². The number of pyridine rings is 1. The van der Waals surface area contributed by atoms with Gasteiger partial charge in [0, 0.05) is 36.1 Å². The Morgan fingerprint density at radius 1 is 1.10 bits per heavy atom. The van der Waals surface area contributed by atoms with E-state index in [0.717, 1.165) is 11.1 Å². The van der Waals surface area contributed by atoms with Crippen LogP contribution in [0.5, 0.6) is 0 Å². The highest BCUT2D eigenvalue weighted by molar-refractivity contribution is 7.91. The van der Waals surface area contributed by atoms with E-state index in [-0.39, 0.29) is 52.3 Å². The number of hydrogen-bond donors (Lipinski definition) is 3. The Kier molecular flexibility index (Phi) is 9.85. The van der Waals surface area contributed by atoms with Gasteiger partial charge in [0.2, 0.25) is 0 Å². The third-order valence-corrected chi connectivity index (χ3v) is 13.2. The number of H-pyrrole nitrogens is 1. The Balaban J connectivity index is 1.52. The van der Waals surface area contributed by atoms with Gasteiger partial charge >= 0.3 is 0 Å². The second-order valence-corrected chi connectivity index (χ2v) is 17.8. The molecule has 3 aromatic heterocycles. The van der Waals surface area contributed by atoms with Crippen LogP contribution < -0.4 is 0 Å². The highest BCUT2D eigenvalue weighted by Crippen LogP contribution is 2.40. The molecule has 1 unspecified atom stereocenters.